The average Bonchev–Trinajstić information content (AvgIpc) is 3.46. The van der Waals surface area contributed by atoms with Crippen LogP contribution in [0.5, 0.6) is 0 Å². The summed E-state index contributed by atoms with van der Waals surface area (Å²) in [5, 5.41) is 12.4. The summed E-state index contributed by atoms with van der Waals surface area (Å²) in [6, 6.07) is 4.38. The molecule has 1 saturated heterocycles. The number of hydrogen-bond acceptors (Lipinski definition) is 8. The summed E-state index contributed by atoms with van der Waals surface area (Å²) in [5.74, 6) is 0.639. The summed E-state index contributed by atoms with van der Waals surface area (Å²) in [4.78, 5) is 26.5. The molecule has 5 heterocycles. The standard InChI is InChI=1S/C26H32N10/c1-16(2)30-19-12-18(14-28-15-19)21(27-4)13-20-17(3)33-34-23(20)26-31-24-22(6-7-29-25(24)32-26)36-10-8-35(5)9-11-36/h6-7,12-16,30,33H,3,8-11H2,1-2,4-5H3,(H,29,31,32)/b20-13+,27-21+. The first kappa shape index (κ1) is 23.7. The molecule has 4 aromatic rings. The molecular weight excluding hydrogens is 452 g/mol. The Hall–Kier alpha value is -4.05. The zero-order valence-electron chi connectivity index (χ0n) is 21.2. The lowest BCUT2D eigenvalue weighted by Gasteiger charge is -2.33. The lowest BCUT2D eigenvalue weighted by molar-refractivity contribution is 0.313. The number of aliphatic imine (C=N–C) groups is 1. The number of imidazole rings is 1. The van der Waals surface area contributed by atoms with Gasteiger partial charge < -0.3 is 20.1 Å². The molecule has 5 rings (SSSR count). The van der Waals surface area contributed by atoms with Crippen molar-refractivity contribution in [3.8, 4) is 11.5 Å². The maximum absolute atomic E-state index is 4.94. The molecule has 186 valence electrons. The van der Waals surface area contributed by atoms with E-state index in [1.54, 1.807) is 13.2 Å². The predicted molar refractivity (Wildman–Crippen MR) is 146 cm³/mol. The number of piperazine rings is 1. The largest absolute Gasteiger partial charge is 0.382 e. The van der Waals surface area contributed by atoms with E-state index in [1.807, 2.05) is 30.6 Å². The molecule has 0 atom stereocenters. The fourth-order valence-corrected chi connectivity index (χ4v) is 4.44. The fraction of sp³-hybridized carbons (Fsp3) is 0.346. The van der Waals surface area contributed by atoms with Crippen LogP contribution in [-0.2, 0) is 0 Å². The predicted octanol–water partition coefficient (Wildman–Crippen LogP) is 1.63. The SMILES string of the molecule is C=c1[nH]nc(-c2nc3c(N4CCN(C)CC4)ccnc3[nH]2)/c1=C/C(=N\C)c1cncc(NC(C)C)c1. The first-order valence-electron chi connectivity index (χ1n) is 12.2. The van der Waals surface area contributed by atoms with Crippen molar-refractivity contribution in [3.05, 3.63) is 46.9 Å². The zero-order chi connectivity index (χ0) is 25.2. The molecule has 0 aliphatic carbocycles. The third-order valence-corrected chi connectivity index (χ3v) is 6.33. The van der Waals surface area contributed by atoms with Crippen molar-refractivity contribution >= 4 is 40.9 Å². The summed E-state index contributed by atoms with van der Waals surface area (Å²) in [6.45, 7) is 12.3. The number of fused-ring (bicyclic) bond motifs is 1. The Morgan fingerprint density at radius 2 is 2.03 bits per heavy atom. The van der Waals surface area contributed by atoms with Crippen molar-refractivity contribution in [2.75, 3.05) is 50.5 Å². The molecular formula is C26H32N10. The molecule has 3 N–H and O–H groups in total. The third kappa shape index (κ3) is 4.72. The zero-order valence-corrected chi connectivity index (χ0v) is 21.2. The Balaban J connectivity index is 1.55. The van der Waals surface area contributed by atoms with E-state index < -0.39 is 0 Å². The first-order chi connectivity index (χ1) is 17.4. The highest BCUT2D eigenvalue weighted by molar-refractivity contribution is 6.21. The minimum absolute atomic E-state index is 0.303. The van der Waals surface area contributed by atoms with Gasteiger partial charge >= 0.3 is 0 Å². The fourth-order valence-electron chi connectivity index (χ4n) is 4.44. The van der Waals surface area contributed by atoms with Gasteiger partial charge in [0.2, 0.25) is 0 Å². The number of rotatable bonds is 6. The molecule has 4 aromatic heterocycles. The minimum atomic E-state index is 0.303. The quantitative estimate of drug-likeness (QED) is 0.357. The normalized spacial score (nSPS) is 15.9. The first-order valence-corrected chi connectivity index (χ1v) is 12.2. The smallest absolute Gasteiger partial charge is 0.161 e. The molecule has 0 aromatic carbocycles. The maximum Gasteiger partial charge on any atom is 0.161 e. The van der Waals surface area contributed by atoms with Crippen LogP contribution >= 0.6 is 0 Å². The van der Waals surface area contributed by atoms with Gasteiger partial charge in [0.25, 0.3) is 0 Å². The Kier molecular flexibility index (Phi) is 6.51. The summed E-state index contributed by atoms with van der Waals surface area (Å²) >= 11 is 0. The molecule has 0 bridgehead atoms. The van der Waals surface area contributed by atoms with Crippen molar-refractivity contribution in [2.24, 2.45) is 4.99 Å². The molecule has 0 unspecified atom stereocenters. The van der Waals surface area contributed by atoms with Crippen LogP contribution in [0.1, 0.15) is 19.4 Å². The lowest BCUT2D eigenvalue weighted by Crippen LogP contribution is -2.44. The van der Waals surface area contributed by atoms with Crippen molar-refractivity contribution in [1.82, 2.24) is 35.0 Å². The second kappa shape index (κ2) is 9.90. The number of nitrogens with one attached hydrogen (secondary N) is 3. The molecule has 1 aliphatic heterocycles. The molecule has 0 spiro atoms. The second-order valence-corrected chi connectivity index (χ2v) is 9.38. The summed E-state index contributed by atoms with van der Waals surface area (Å²) in [7, 11) is 3.92. The van der Waals surface area contributed by atoms with E-state index in [4.69, 9.17) is 4.98 Å². The van der Waals surface area contributed by atoms with E-state index >= 15 is 0 Å². The van der Waals surface area contributed by atoms with Crippen molar-refractivity contribution in [3.63, 3.8) is 0 Å². The number of aromatic nitrogens is 6. The molecule has 10 heteroatoms. The Bertz CT molecular complexity index is 1510. The van der Waals surface area contributed by atoms with Crippen LogP contribution in [0.15, 0.2) is 35.7 Å². The van der Waals surface area contributed by atoms with Crippen LogP contribution in [-0.4, -0.2) is 87.1 Å². The molecule has 10 nitrogen and oxygen atoms in total. The Morgan fingerprint density at radius 3 is 2.78 bits per heavy atom. The molecule has 1 fully saturated rings. The number of H-pyrrole nitrogens is 2. The van der Waals surface area contributed by atoms with Gasteiger partial charge in [-0.2, -0.15) is 5.10 Å². The monoisotopic (exact) mass is 484 g/mol. The third-order valence-electron chi connectivity index (χ3n) is 6.33. The highest BCUT2D eigenvalue weighted by Crippen LogP contribution is 2.26. The Labute approximate surface area is 209 Å². The van der Waals surface area contributed by atoms with Gasteiger partial charge in [-0.25, -0.2) is 9.97 Å². The number of anilines is 2. The number of likely N-dealkylation sites (N-methyl/N-ethyl adjacent to an activating group) is 1. The van der Waals surface area contributed by atoms with Crippen molar-refractivity contribution in [2.45, 2.75) is 19.9 Å². The number of pyridine rings is 2. The topological polar surface area (TPSA) is 114 Å². The maximum atomic E-state index is 4.94. The van der Waals surface area contributed by atoms with E-state index in [-0.39, 0.29) is 0 Å². The molecule has 0 saturated carbocycles. The van der Waals surface area contributed by atoms with E-state index in [1.165, 1.54) is 0 Å². The number of nitrogens with zero attached hydrogens (tertiary/aromatic N) is 7. The van der Waals surface area contributed by atoms with E-state index in [9.17, 15) is 0 Å². The van der Waals surface area contributed by atoms with Gasteiger partial charge in [-0.05, 0) is 39.1 Å². The van der Waals surface area contributed by atoms with Gasteiger partial charge in [0.1, 0.15) is 11.2 Å². The van der Waals surface area contributed by atoms with Gasteiger partial charge in [0, 0.05) is 68.6 Å². The van der Waals surface area contributed by atoms with Crippen LogP contribution in [0, 0.1) is 0 Å². The van der Waals surface area contributed by atoms with Crippen LogP contribution < -0.4 is 20.8 Å². The van der Waals surface area contributed by atoms with Gasteiger partial charge in [-0.15, -0.1) is 0 Å². The number of hydrogen-bond donors (Lipinski definition) is 3. The second-order valence-electron chi connectivity index (χ2n) is 9.38. The molecule has 1 aliphatic rings. The highest BCUT2D eigenvalue weighted by atomic mass is 15.3. The van der Waals surface area contributed by atoms with Gasteiger partial charge in [0.05, 0.1) is 22.4 Å². The van der Waals surface area contributed by atoms with Gasteiger partial charge in [0.15, 0.2) is 11.5 Å². The van der Waals surface area contributed by atoms with Gasteiger partial charge in [-0.3, -0.25) is 15.1 Å². The minimum Gasteiger partial charge on any atom is -0.382 e. The summed E-state index contributed by atoms with van der Waals surface area (Å²) in [5.41, 5.74) is 5.96. The van der Waals surface area contributed by atoms with E-state index in [2.05, 4.69) is 72.7 Å². The Morgan fingerprint density at radius 1 is 1.22 bits per heavy atom. The van der Waals surface area contributed by atoms with Crippen LogP contribution in [0.2, 0.25) is 0 Å². The molecule has 36 heavy (non-hydrogen) atoms. The molecule has 0 amide bonds. The highest BCUT2D eigenvalue weighted by Gasteiger charge is 2.20. The molecule has 0 radical (unpaired) electrons. The van der Waals surface area contributed by atoms with Crippen molar-refractivity contribution in [1.29, 1.82) is 0 Å². The summed E-state index contributed by atoms with van der Waals surface area (Å²) in [6.07, 6.45) is 7.42. The van der Waals surface area contributed by atoms with E-state index in [0.717, 1.165) is 65.2 Å². The van der Waals surface area contributed by atoms with Crippen molar-refractivity contribution < 1.29 is 0 Å². The number of aromatic amines is 2. The van der Waals surface area contributed by atoms with E-state index in [0.29, 0.717) is 22.9 Å². The van der Waals surface area contributed by atoms with Gasteiger partial charge in [-0.1, -0.05) is 6.58 Å². The van der Waals surface area contributed by atoms with Crippen LogP contribution in [0.4, 0.5) is 11.4 Å². The average molecular weight is 485 g/mol. The summed E-state index contributed by atoms with van der Waals surface area (Å²) < 4.78 is 0. The van der Waals surface area contributed by atoms with Crippen LogP contribution in [0.25, 0.3) is 35.3 Å². The lowest BCUT2D eigenvalue weighted by atomic mass is 10.1. The van der Waals surface area contributed by atoms with Crippen LogP contribution in [0.3, 0.4) is 0 Å².